The number of aryl methyl sites for hydroxylation is 1. The summed E-state index contributed by atoms with van der Waals surface area (Å²) < 4.78 is 16.7. The molecule has 2 aromatic rings. The molecule has 130 valence electrons. The van der Waals surface area contributed by atoms with Crippen LogP contribution in [0.3, 0.4) is 0 Å². The summed E-state index contributed by atoms with van der Waals surface area (Å²) >= 11 is 3.30. The average Bonchev–Trinajstić information content (AvgIpc) is 2.63. The van der Waals surface area contributed by atoms with E-state index in [4.69, 9.17) is 19.5 Å². The van der Waals surface area contributed by atoms with Gasteiger partial charge < -0.3 is 14.2 Å². The van der Waals surface area contributed by atoms with E-state index in [1.807, 2.05) is 37.3 Å². The van der Waals surface area contributed by atoms with Gasteiger partial charge in [-0.2, -0.15) is 5.26 Å². The molecule has 25 heavy (non-hydrogen) atoms. The van der Waals surface area contributed by atoms with Crippen molar-refractivity contribution in [2.45, 2.75) is 20.3 Å². The Morgan fingerprint density at radius 2 is 1.88 bits per heavy atom. The van der Waals surface area contributed by atoms with Crippen LogP contribution in [0.2, 0.25) is 0 Å². The zero-order valence-electron chi connectivity index (χ0n) is 14.0. The van der Waals surface area contributed by atoms with Crippen molar-refractivity contribution in [3.8, 4) is 23.3 Å². The molecular formula is C19H18BrNO4. The second-order valence-electron chi connectivity index (χ2n) is 5.09. The molecule has 0 aromatic heterocycles. The summed E-state index contributed by atoms with van der Waals surface area (Å²) in [7, 11) is 0. The lowest BCUT2D eigenvalue weighted by Crippen LogP contribution is -2.18. The van der Waals surface area contributed by atoms with Crippen LogP contribution < -0.4 is 14.2 Å². The van der Waals surface area contributed by atoms with Crippen LogP contribution in [0.5, 0.6) is 17.2 Å². The van der Waals surface area contributed by atoms with Crippen LogP contribution in [0.25, 0.3) is 0 Å². The number of ether oxygens (including phenoxy) is 3. The Morgan fingerprint density at radius 3 is 2.48 bits per heavy atom. The Balaban J connectivity index is 2.05. The van der Waals surface area contributed by atoms with Gasteiger partial charge in [-0.25, -0.2) is 4.79 Å². The van der Waals surface area contributed by atoms with Crippen molar-refractivity contribution in [2.24, 2.45) is 0 Å². The molecule has 0 fully saturated rings. The molecule has 2 rings (SSSR count). The Kier molecular flexibility index (Phi) is 6.84. The summed E-state index contributed by atoms with van der Waals surface area (Å²) in [6.45, 7) is 4.02. The number of rotatable bonds is 7. The van der Waals surface area contributed by atoms with Gasteiger partial charge >= 0.3 is 5.97 Å². The fourth-order valence-corrected chi connectivity index (χ4v) is 2.62. The number of benzene rings is 2. The normalized spacial score (nSPS) is 10.0. The van der Waals surface area contributed by atoms with E-state index >= 15 is 0 Å². The quantitative estimate of drug-likeness (QED) is 0.509. The lowest BCUT2D eigenvalue weighted by molar-refractivity contribution is -0.136. The number of esters is 1. The maximum Gasteiger partial charge on any atom is 0.349 e. The first kappa shape index (κ1) is 18.8. The molecule has 0 aliphatic carbocycles. The molecular weight excluding hydrogens is 386 g/mol. The molecule has 0 saturated carbocycles. The first-order chi connectivity index (χ1) is 12.1. The first-order valence-corrected chi connectivity index (χ1v) is 8.65. The zero-order chi connectivity index (χ0) is 18.2. The third-order valence-corrected chi connectivity index (χ3v) is 3.93. The van der Waals surface area contributed by atoms with E-state index in [1.165, 1.54) is 11.6 Å². The highest BCUT2D eigenvalue weighted by Gasteiger charge is 2.16. The molecule has 0 spiro atoms. The van der Waals surface area contributed by atoms with Gasteiger partial charge in [0.2, 0.25) is 0 Å². The van der Waals surface area contributed by atoms with E-state index in [-0.39, 0.29) is 12.4 Å². The van der Waals surface area contributed by atoms with Crippen LogP contribution >= 0.6 is 15.9 Å². The van der Waals surface area contributed by atoms with Gasteiger partial charge in [0.25, 0.3) is 0 Å². The topological polar surface area (TPSA) is 68.5 Å². The average molecular weight is 404 g/mol. The van der Waals surface area contributed by atoms with Crippen molar-refractivity contribution in [1.29, 1.82) is 5.26 Å². The SMILES string of the molecule is CCOc1cc(C#N)cc(Br)c1OC(=O)COc1ccc(CC)cc1. The van der Waals surface area contributed by atoms with Crippen LogP contribution in [0.15, 0.2) is 40.9 Å². The van der Waals surface area contributed by atoms with Crippen molar-refractivity contribution >= 4 is 21.9 Å². The van der Waals surface area contributed by atoms with E-state index in [0.717, 1.165) is 6.42 Å². The maximum absolute atomic E-state index is 12.1. The molecule has 0 N–H and O–H groups in total. The van der Waals surface area contributed by atoms with Crippen molar-refractivity contribution < 1.29 is 19.0 Å². The molecule has 0 aliphatic heterocycles. The predicted molar refractivity (Wildman–Crippen MR) is 97.0 cm³/mol. The minimum Gasteiger partial charge on any atom is -0.490 e. The Hall–Kier alpha value is -2.52. The second kappa shape index (κ2) is 9.09. The lowest BCUT2D eigenvalue weighted by atomic mass is 10.2. The molecule has 0 unspecified atom stereocenters. The van der Waals surface area contributed by atoms with Gasteiger partial charge in [0, 0.05) is 6.07 Å². The molecule has 0 atom stereocenters. The molecule has 0 radical (unpaired) electrons. The number of carbonyl (C=O) groups is 1. The van der Waals surface area contributed by atoms with Crippen LogP contribution in [-0.4, -0.2) is 19.2 Å². The Morgan fingerprint density at radius 1 is 1.16 bits per heavy atom. The van der Waals surface area contributed by atoms with E-state index in [9.17, 15) is 4.79 Å². The summed E-state index contributed by atoms with van der Waals surface area (Å²) in [5.41, 5.74) is 1.60. The van der Waals surface area contributed by atoms with Crippen LogP contribution in [-0.2, 0) is 11.2 Å². The summed E-state index contributed by atoms with van der Waals surface area (Å²) in [5, 5.41) is 9.02. The monoisotopic (exact) mass is 403 g/mol. The highest BCUT2D eigenvalue weighted by atomic mass is 79.9. The minimum atomic E-state index is -0.564. The van der Waals surface area contributed by atoms with Gasteiger partial charge in [0.05, 0.1) is 22.7 Å². The van der Waals surface area contributed by atoms with Gasteiger partial charge in [-0.3, -0.25) is 0 Å². The van der Waals surface area contributed by atoms with Crippen LogP contribution in [0, 0.1) is 11.3 Å². The number of hydrogen-bond acceptors (Lipinski definition) is 5. The smallest absolute Gasteiger partial charge is 0.349 e. The second-order valence-corrected chi connectivity index (χ2v) is 5.94. The van der Waals surface area contributed by atoms with Crippen molar-refractivity contribution in [1.82, 2.24) is 0 Å². The van der Waals surface area contributed by atoms with E-state index < -0.39 is 5.97 Å². The van der Waals surface area contributed by atoms with Gasteiger partial charge in [-0.15, -0.1) is 0 Å². The third kappa shape index (κ3) is 5.23. The molecule has 2 aromatic carbocycles. The van der Waals surface area contributed by atoms with Gasteiger partial charge in [-0.1, -0.05) is 19.1 Å². The van der Waals surface area contributed by atoms with Gasteiger partial charge in [-0.05, 0) is 53.0 Å². The lowest BCUT2D eigenvalue weighted by Gasteiger charge is -2.13. The summed E-state index contributed by atoms with van der Waals surface area (Å²) in [4.78, 5) is 12.1. The molecule has 0 aliphatic rings. The molecule has 6 heteroatoms. The highest BCUT2D eigenvalue weighted by Crippen LogP contribution is 2.36. The molecule has 5 nitrogen and oxygen atoms in total. The highest BCUT2D eigenvalue weighted by molar-refractivity contribution is 9.10. The number of halogens is 1. The standard InChI is InChI=1S/C19H18BrNO4/c1-3-13-5-7-15(8-6-13)24-12-18(22)25-19-16(20)9-14(11-21)10-17(19)23-4-2/h5-10H,3-4,12H2,1-2H3. The predicted octanol–water partition coefficient (Wildman–Crippen LogP) is 4.27. The third-order valence-electron chi connectivity index (χ3n) is 3.34. The van der Waals surface area contributed by atoms with Crippen LogP contribution in [0.4, 0.5) is 0 Å². The van der Waals surface area contributed by atoms with E-state index in [0.29, 0.717) is 28.1 Å². The first-order valence-electron chi connectivity index (χ1n) is 7.86. The maximum atomic E-state index is 12.1. The largest absolute Gasteiger partial charge is 0.490 e. The molecule has 0 saturated heterocycles. The Labute approximate surface area is 155 Å². The van der Waals surface area contributed by atoms with E-state index in [2.05, 4.69) is 22.9 Å². The fraction of sp³-hybridized carbons (Fsp3) is 0.263. The Bertz CT molecular complexity index is 781. The summed E-state index contributed by atoms with van der Waals surface area (Å²) in [5.74, 6) is 0.592. The van der Waals surface area contributed by atoms with Crippen molar-refractivity contribution in [3.63, 3.8) is 0 Å². The van der Waals surface area contributed by atoms with Crippen molar-refractivity contribution in [3.05, 3.63) is 52.0 Å². The van der Waals surface area contributed by atoms with Crippen LogP contribution in [0.1, 0.15) is 25.0 Å². The number of hydrogen-bond donors (Lipinski definition) is 0. The number of nitrogens with zero attached hydrogens (tertiary/aromatic N) is 1. The number of carbonyl (C=O) groups excluding carboxylic acids is 1. The summed E-state index contributed by atoms with van der Waals surface area (Å²) in [6, 6.07) is 12.7. The molecule has 0 amide bonds. The minimum absolute atomic E-state index is 0.232. The molecule has 0 bridgehead atoms. The zero-order valence-corrected chi connectivity index (χ0v) is 15.6. The van der Waals surface area contributed by atoms with E-state index in [1.54, 1.807) is 6.07 Å². The molecule has 0 heterocycles. The number of nitriles is 1. The summed E-state index contributed by atoms with van der Waals surface area (Å²) in [6.07, 6.45) is 0.940. The van der Waals surface area contributed by atoms with Gasteiger partial charge in [0.15, 0.2) is 18.1 Å². The fourth-order valence-electron chi connectivity index (χ4n) is 2.10. The van der Waals surface area contributed by atoms with Gasteiger partial charge in [0.1, 0.15) is 5.75 Å². The van der Waals surface area contributed by atoms with Crippen molar-refractivity contribution in [2.75, 3.05) is 13.2 Å².